The number of aliphatic carboxylic acids is 1. The highest BCUT2D eigenvalue weighted by Gasteiger charge is 2.26. The van der Waals surface area contributed by atoms with Gasteiger partial charge in [0.15, 0.2) is 0 Å². The lowest BCUT2D eigenvalue weighted by atomic mass is 10.00. The number of nitro benzene ring substituents is 1. The molecule has 0 radical (unpaired) electrons. The molecule has 0 bridgehead atoms. The lowest BCUT2D eigenvalue weighted by Gasteiger charge is -2.04. The normalized spacial score (nSPS) is 10.4. The number of nitrogens with zero attached hydrogens (tertiary/aromatic N) is 3. The largest absolute Gasteiger partial charge is 0.481 e. The van der Waals surface area contributed by atoms with E-state index in [4.69, 9.17) is 5.11 Å². The molecule has 102 valence electrons. The lowest BCUT2D eigenvalue weighted by Crippen LogP contribution is -2.03. The number of hydrogen-bond donors (Lipinski definition) is 1. The van der Waals surface area contributed by atoms with Crippen molar-refractivity contribution in [2.45, 2.75) is 19.8 Å². The van der Waals surface area contributed by atoms with Crippen LogP contribution in [0.3, 0.4) is 0 Å². The molecule has 0 aliphatic rings. The minimum Gasteiger partial charge on any atom is -0.481 e. The topological polar surface area (TPSA) is 117 Å². The van der Waals surface area contributed by atoms with E-state index in [1.54, 1.807) is 13.0 Å². The summed E-state index contributed by atoms with van der Waals surface area (Å²) >= 11 is 1.05. The van der Waals surface area contributed by atoms with Crippen molar-refractivity contribution >= 4 is 33.3 Å². The molecule has 7 nitrogen and oxygen atoms in total. The fourth-order valence-corrected chi connectivity index (χ4v) is 2.93. The zero-order valence-corrected chi connectivity index (χ0v) is 11.2. The van der Waals surface area contributed by atoms with E-state index >= 15 is 0 Å². The van der Waals surface area contributed by atoms with Crippen molar-refractivity contribution in [2.24, 2.45) is 0 Å². The van der Waals surface area contributed by atoms with Crippen LogP contribution in [0.25, 0.3) is 10.1 Å². The lowest BCUT2D eigenvalue weighted by molar-refractivity contribution is -0.385. The van der Waals surface area contributed by atoms with E-state index in [0.29, 0.717) is 16.7 Å². The summed E-state index contributed by atoms with van der Waals surface area (Å²) in [6.07, 6.45) is 0.0460. The number of carboxylic acids is 1. The molecule has 0 amide bonds. The van der Waals surface area contributed by atoms with Gasteiger partial charge >= 0.3 is 5.97 Å². The van der Waals surface area contributed by atoms with Gasteiger partial charge in [0.05, 0.1) is 21.7 Å². The van der Waals surface area contributed by atoms with Crippen molar-refractivity contribution in [3.05, 3.63) is 33.0 Å². The second kappa shape index (κ2) is 5.22. The maximum Gasteiger partial charge on any atom is 0.309 e. The summed E-state index contributed by atoms with van der Waals surface area (Å²) in [6.45, 7) is 1.76. The van der Waals surface area contributed by atoms with Gasteiger partial charge in [-0.1, -0.05) is 6.92 Å². The van der Waals surface area contributed by atoms with E-state index in [1.165, 1.54) is 0 Å². The van der Waals surface area contributed by atoms with Gasteiger partial charge in [-0.25, -0.2) is 0 Å². The third-order valence-electron chi connectivity index (χ3n) is 2.88. The van der Waals surface area contributed by atoms with Crippen LogP contribution < -0.4 is 0 Å². The average molecular weight is 291 g/mol. The number of aryl methyl sites for hydroxylation is 1. The zero-order chi connectivity index (χ0) is 14.9. The first-order valence-corrected chi connectivity index (χ1v) is 6.47. The summed E-state index contributed by atoms with van der Waals surface area (Å²) in [5.41, 5.74) is 0.285. The van der Waals surface area contributed by atoms with E-state index in [2.05, 4.69) is 4.37 Å². The highest BCUT2D eigenvalue weighted by Crippen LogP contribution is 2.35. The quantitative estimate of drug-likeness (QED) is 0.682. The number of aromatic nitrogens is 1. The van der Waals surface area contributed by atoms with Gasteiger partial charge in [0.2, 0.25) is 0 Å². The fraction of sp³-hybridized carbons (Fsp3) is 0.250. The van der Waals surface area contributed by atoms with Gasteiger partial charge in [-0.15, -0.1) is 0 Å². The third-order valence-corrected chi connectivity index (χ3v) is 3.71. The Kier molecular flexibility index (Phi) is 3.63. The van der Waals surface area contributed by atoms with Crippen LogP contribution in [0.2, 0.25) is 0 Å². The number of benzene rings is 1. The summed E-state index contributed by atoms with van der Waals surface area (Å²) in [5.74, 6) is -1.09. The monoisotopic (exact) mass is 291 g/mol. The summed E-state index contributed by atoms with van der Waals surface area (Å²) in [7, 11) is 0. The van der Waals surface area contributed by atoms with Crippen molar-refractivity contribution in [2.75, 3.05) is 0 Å². The number of nitro groups is 1. The average Bonchev–Trinajstić information content (AvgIpc) is 2.78. The van der Waals surface area contributed by atoms with E-state index in [1.807, 2.05) is 6.07 Å². The first-order chi connectivity index (χ1) is 9.49. The molecule has 20 heavy (non-hydrogen) atoms. The first-order valence-electron chi connectivity index (χ1n) is 5.70. The van der Waals surface area contributed by atoms with Gasteiger partial charge in [0.1, 0.15) is 11.6 Å². The summed E-state index contributed by atoms with van der Waals surface area (Å²) in [6, 6.07) is 3.43. The van der Waals surface area contributed by atoms with Crippen molar-refractivity contribution in [1.82, 2.24) is 4.37 Å². The van der Waals surface area contributed by atoms with Crippen LogP contribution in [0.4, 0.5) is 5.69 Å². The molecular weight excluding hydrogens is 282 g/mol. The van der Waals surface area contributed by atoms with Crippen molar-refractivity contribution < 1.29 is 14.8 Å². The standard InChI is InChI=1S/C12H9N3O4S/c1-2-6-3-9-11(7(5-13)12(6)15(18)19)8(14-20-9)4-10(16)17/h3H,2,4H2,1H3,(H,16,17). The molecule has 0 fully saturated rings. The van der Waals surface area contributed by atoms with Crippen LogP contribution in [0.5, 0.6) is 0 Å². The summed E-state index contributed by atoms with van der Waals surface area (Å²) < 4.78 is 4.60. The van der Waals surface area contributed by atoms with E-state index in [0.717, 1.165) is 11.5 Å². The van der Waals surface area contributed by atoms with Gasteiger partial charge in [-0.05, 0) is 24.0 Å². The van der Waals surface area contributed by atoms with Crippen LogP contribution in [0, 0.1) is 21.4 Å². The van der Waals surface area contributed by atoms with Crippen molar-refractivity contribution in [3.63, 3.8) is 0 Å². The molecule has 0 saturated heterocycles. The fourth-order valence-electron chi connectivity index (χ4n) is 2.06. The highest BCUT2D eigenvalue weighted by atomic mass is 32.1. The maximum absolute atomic E-state index is 11.2. The number of carboxylic acid groups (broad SMARTS) is 1. The molecule has 0 unspecified atom stereocenters. The predicted molar refractivity (Wildman–Crippen MR) is 71.7 cm³/mol. The molecular formula is C12H9N3O4S. The number of rotatable bonds is 4. The van der Waals surface area contributed by atoms with E-state index < -0.39 is 10.9 Å². The molecule has 2 aromatic rings. The molecule has 0 spiro atoms. The molecule has 0 aliphatic carbocycles. The molecule has 8 heteroatoms. The van der Waals surface area contributed by atoms with Crippen molar-refractivity contribution in [3.8, 4) is 6.07 Å². The minimum absolute atomic E-state index is 0.102. The highest BCUT2D eigenvalue weighted by molar-refractivity contribution is 7.13. The van der Waals surface area contributed by atoms with E-state index in [9.17, 15) is 20.2 Å². The predicted octanol–water partition coefficient (Wildman–Crippen LogP) is 2.27. The molecule has 1 aromatic carbocycles. The molecule has 0 aliphatic heterocycles. The molecule has 1 heterocycles. The minimum atomic E-state index is -1.09. The Balaban J connectivity index is 2.86. The Morgan fingerprint density at radius 3 is 2.85 bits per heavy atom. The van der Waals surface area contributed by atoms with Gasteiger partial charge in [-0.2, -0.15) is 9.64 Å². The summed E-state index contributed by atoms with van der Waals surface area (Å²) in [5, 5.41) is 29.5. The number of fused-ring (bicyclic) bond motifs is 1. The Labute approximate surface area is 117 Å². The van der Waals surface area contributed by atoms with Crippen LogP contribution in [0.1, 0.15) is 23.7 Å². The molecule has 1 N–H and O–H groups in total. The number of nitriles is 1. The van der Waals surface area contributed by atoms with Crippen LogP contribution >= 0.6 is 11.5 Å². The van der Waals surface area contributed by atoms with Gasteiger partial charge in [0, 0.05) is 10.9 Å². The number of hydrogen-bond acceptors (Lipinski definition) is 6. The second-order valence-electron chi connectivity index (χ2n) is 4.05. The molecule has 2 rings (SSSR count). The maximum atomic E-state index is 11.2. The van der Waals surface area contributed by atoms with Crippen LogP contribution in [-0.2, 0) is 17.6 Å². The van der Waals surface area contributed by atoms with Crippen LogP contribution in [0.15, 0.2) is 6.07 Å². The number of carbonyl (C=O) groups is 1. The van der Waals surface area contributed by atoms with Gasteiger partial charge < -0.3 is 5.11 Å². The SMILES string of the molecule is CCc1cc2snc(CC(=O)O)c2c(C#N)c1[N+](=O)[O-]. The zero-order valence-electron chi connectivity index (χ0n) is 10.4. The Morgan fingerprint density at radius 2 is 2.35 bits per heavy atom. The first kappa shape index (κ1) is 13.9. The molecule has 0 atom stereocenters. The second-order valence-corrected chi connectivity index (χ2v) is 4.86. The molecule has 0 saturated carbocycles. The van der Waals surface area contributed by atoms with Crippen LogP contribution in [-0.4, -0.2) is 20.4 Å². The van der Waals surface area contributed by atoms with Crippen molar-refractivity contribution in [1.29, 1.82) is 5.26 Å². The Morgan fingerprint density at radius 1 is 1.65 bits per heavy atom. The smallest absolute Gasteiger partial charge is 0.309 e. The van der Waals surface area contributed by atoms with Gasteiger partial charge in [-0.3, -0.25) is 14.9 Å². The Bertz CT molecular complexity index is 760. The third kappa shape index (κ3) is 2.19. The summed E-state index contributed by atoms with van der Waals surface area (Å²) in [4.78, 5) is 21.4. The Hall–Kier alpha value is -2.53. The molecule has 1 aromatic heterocycles. The van der Waals surface area contributed by atoms with E-state index in [-0.39, 0.29) is 28.8 Å². The van der Waals surface area contributed by atoms with Gasteiger partial charge in [0.25, 0.3) is 5.69 Å².